The third-order valence-corrected chi connectivity index (χ3v) is 3.44. The van der Waals surface area contributed by atoms with E-state index in [-0.39, 0.29) is 22.6 Å². The number of benzene rings is 1. The van der Waals surface area contributed by atoms with Gasteiger partial charge in [-0.05, 0) is 24.6 Å². The minimum absolute atomic E-state index is 0.0131. The summed E-state index contributed by atoms with van der Waals surface area (Å²) in [7, 11) is 1.17. The van der Waals surface area contributed by atoms with Crippen LogP contribution in [-0.4, -0.2) is 17.6 Å². The molecule has 0 aliphatic carbocycles. The van der Waals surface area contributed by atoms with Crippen molar-refractivity contribution in [2.24, 2.45) is 0 Å². The summed E-state index contributed by atoms with van der Waals surface area (Å²) in [6.45, 7) is 1.65. The summed E-state index contributed by atoms with van der Waals surface area (Å²) in [6.07, 6.45) is 1.27. The van der Waals surface area contributed by atoms with E-state index in [0.29, 0.717) is 10.6 Å². The first-order chi connectivity index (χ1) is 9.90. The highest BCUT2D eigenvalue weighted by Gasteiger charge is 2.23. The molecule has 2 rings (SSSR count). The van der Waals surface area contributed by atoms with Crippen molar-refractivity contribution in [3.05, 3.63) is 46.0 Å². The van der Waals surface area contributed by atoms with E-state index in [1.54, 1.807) is 6.92 Å². The number of halogens is 2. The van der Waals surface area contributed by atoms with Gasteiger partial charge < -0.3 is 15.0 Å². The molecule has 0 fully saturated rings. The van der Waals surface area contributed by atoms with Gasteiger partial charge in [0.25, 0.3) is 0 Å². The first-order valence-electron chi connectivity index (χ1n) is 5.86. The van der Waals surface area contributed by atoms with E-state index >= 15 is 0 Å². The molecule has 1 aromatic heterocycles. The maximum Gasteiger partial charge on any atom is 0.357 e. The first kappa shape index (κ1) is 14.9. The molecule has 0 spiro atoms. The van der Waals surface area contributed by atoms with Crippen LogP contribution in [0, 0.1) is 24.1 Å². The number of aryl methyl sites for hydroxylation is 1. The van der Waals surface area contributed by atoms with Crippen molar-refractivity contribution in [3.8, 4) is 11.8 Å². The van der Waals surface area contributed by atoms with Crippen LogP contribution in [0.3, 0.4) is 0 Å². The van der Waals surface area contributed by atoms with Crippen molar-refractivity contribution in [2.45, 2.75) is 6.92 Å². The van der Waals surface area contributed by atoms with Crippen LogP contribution in [0.5, 0.6) is 0 Å². The molecule has 108 valence electrons. The highest BCUT2D eigenvalue weighted by Crippen LogP contribution is 2.29. The number of nitriles is 1. The standard InChI is InChI=1S/C14H11ClFN3O2/c1-7-3-10(16)11(4-9(7)15)19-6-8(5-17)12(18)13(19)14(20)21-2/h3-4,6H,18H2,1-2H3. The van der Waals surface area contributed by atoms with E-state index in [0.717, 1.165) is 0 Å². The molecule has 1 aromatic carbocycles. The Morgan fingerprint density at radius 1 is 1.52 bits per heavy atom. The van der Waals surface area contributed by atoms with E-state index < -0.39 is 11.8 Å². The Labute approximate surface area is 125 Å². The largest absolute Gasteiger partial charge is 0.464 e. The highest BCUT2D eigenvalue weighted by molar-refractivity contribution is 6.31. The molecule has 5 nitrogen and oxygen atoms in total. The first-order valence-corrected chi connectivity index (χ1v) is 6.23. The number of hydrogen-bond acceptors (Lipinski definition) is 4. The Morgan fingerprint density at radius 2 is 2.19 bits per heavy atom. The van der Waals surface area contributed by atoms with Crippen molar-refractivity contribution in [1.82, 2.24) is 4.57 Å². The van der Waals surface area contributed by atoms with Crippen LogP contribution < -0.4 is 5.73 Å². The van der Waals surface area contributed by atoms with Crippen LogP contribution in [0.15, 0.2) is 18.3 Å². The zero-order valence-electron chi connectivity index (χ0n) is 11.3. The second kappa shape index (κ2) is 5.46. The fraction of sp³-hybridized carbons (Fsp3) is 0.143. The minimum Gasteiger partial charge on any atom is -0.464 e. The number of carbonyl (C=O) groups excluding carboxylic acids is 1. The van der Waals surface area contributed by atoms with E-state index in [2.05, 4.69) is 4.74 Å². The van der Waals surface area contributed by atoms with Crippen molar-refractivity contribution in [1.29, 1.82) is 5.26 Å². The molecule has 0 saturated heterocycles. The molecule has 0 saturated carbocycles. The van der Waals surface area contributed by atoms with Crippen LogP contribution >= 0.6 is 11.6 Å². The fourth-order valence-electron chi connectivity index (χ4n) is 1.92. The van der Waals surface area contributed by atoms with Gasteiger partial charge in [0.1, 0.15) is 11.9 Å². The van der Waals surface area contributed by atoms with Gasteiger partial charge in [-0.2, -0.15) is 5.26 Å². The van der Waals surface area contributed by atoms with Crippen LogP contribution in [0.4, 0.5) is 10.1 Å². The molecule has 2 aromatic rings. The van der Waals surface area contributed by atoms with Gasteiger partial charge in [-0.15, -0.1) is 0 Å². The number of nitrogens with two attached hydrogens (primary N) is 1. The third-order valence-electron chi connectivity index (χ3n) is 3.03. The lowest BCUT2D eigenvalue weighted by molar-refractivity contribution is 0.0593. The second-order valence-electron chi connectivity index (χ2n) is 4.33. The number of aromatic nitrogens is 1. The van der Waals surface area contributed by atoms with Gasteiger partial charge in [0.05, 0.1) is 24.0 Å². The minimum atomic E-state index is -0.773. The number of esters is 1. The lowest BCUT2D eigenvalue weighted by Crippen LogP contribution is -2.12. The van der Waals surface area contributed by atoms with Crippen LogP contribution in [-0.2, 0) is 4.74 Å². The average Bonchev–Trinajstić information content (AvgIpc) is 2.78. The smallest absolute Gasteiger partial charge is 0.357 e. The molecule has 1 heterocycles. The van der Waals surface area contributed by atoms with Crippen molar-refractivity contribution >= 4 is 23.3 Å². The molecular formula is C14H11ClFN3O2. The van der Waals surface area contributed by atoms with Gasteiger partial charge in [-0.1, -0.05) is 11.6 Å². The quantitative estimate of drug-likeness (QED) is 0.865. The third kappa shape index (κ3) is 2.43. The maximum absolute atomic E-state index is 14.2. The molecular weight excluding hydrogens is 297 g/mol. The predicted octanol–water partition coefficient (Wildman–Crippen LogP) is 2.82. The van der Waals surface area contributed by atoms with Gasteiger partial charge in [-0.3, -0.25) is 0 Å². The van der Waals surface area contributed by atoms with Gasteiger partial charge in [-0.25, -0.2) is 9.18 Å². The van der Waals surface area contributed by atoms with E-state index in [1.165, 1.54) is 30.0 Å². The molecule has 0 atom stereocenters. The van der Waals surface area contributed by atoms with Gasteiger partial charge in [0.2, 0.25) is 0 Å². The monoisotopic (exact) mass is 307 g/mol. The van der Waals surface area contributed by atoms with Gasteiger partial charge in [0, 0.05) is 11.2 Å². The molecule has 0 bridgehead atoms. The molecule has 2 N–H and O–H groups in total. The summed E-state index contributed by atoms with van der Waals surface area (Å²) in [6, 6.07) is 4.44. The number of carbonyl (C=O) groups is 1. The number of hydrogen-bond donors (Lipinski definition) is 1. The van der Waals surface area contributed by atoms with E-state index in [4.69, 9.17) is 22.6 Å². The Kier molecular flexibility index (Phi) is 3.87. The van der Waals surface area contributed by atoms with Crippen LogP contribution in [0.25, 0.3) is 5.69 Å². The lowest BCUT2D eigenvalue weighted by atomic mass is 10.2. The lowest BCUT2D eigenvalue weighted by Gasteiger charge is -2.11. The van der Waals surface area contributed by atoms with E-state index in [9.17, 15) is 9.18 Å². The Hall–Kier alpha value is -2.52. The number of methoxy groups -OCH3 is 1. The summed E-state index contributed by atoms with van der Waals surface area (Å²) < 4.78 is 19.9. The number of rotatable bonds is 2. The molecule has 21 heavy (non-hydrogen) atoms. The molecule has 0 amide bonds. The molecule has 0 unspecified atom stereocenters. The maximum atomic E-state index is 14.2. The number of nitrogen functional groups attached to an aromatic ring is 1. The molecule has 7 heteroatoms. The Bertz CT molecular complexity index is 778. The molecule has 0 aliphatic heterocycles. The Morgan fingerprint density at radius 3 is 2.76 bits per heavy atom. The van der Waals surface area contributed by atoms with Gasteiger partial charge in [0.15, 0.2) is 5.69 Å². The summed E-state index contributed by atoms with van der Waals surface area (Å²) >= 11 is 5.99. The number of ether oxygens (including phenoxy) is 1. The highest BCUT2D eigenvalue weighted by atomic mass is 35.5. The number of anilines is 1. The summed E-state index contributed by atoms with van der Waals surface area (Å²) in [5.41, 5.74) is 6.17. The summed E-state index contributed by atoms with van der Waals surface area (Å²) in [5, 5.41) is 9.34. The topological polar surface area (TPSA) is 81.0 Å². The summed E-state index contributed by atoms with van der Waals surface area (Å²) in [5.74, 6) is -1.37. The van der Waals surface area contributed by atoms with Crippen LogP contribution in [0.1, 0.15) is 21.6 Å². The van der Waals surface area contributed by atoms with Crippen LogP contribution in [0.2, 0.25) is 5.02 Å². The summed E-state index contributed by atoms with van der Waals surface area (Å²) in [4.78, 5) is 11.8. The van der Waals surface area contributed by atoms with Gasteiger partial charge >= 0.3 is 5.97 Å². The fourth-order valence-corrected chi connectivity index (χ4v) is 2.08. The zero-order chi connectivity index (χ0) is 15.7. The molecule has 0 radical (unpaired) electrons. The van der Waals surface area contributed by atoms with Crippen molar-refractivity contribution in [3.63, 3.8) is 0 Å². The predicted molar refractivity (Wildman–Crippen MR) is 75.9 cm³/mol. The van der Waals surface area contributed by atoms with E-state index in [1.807, 2.05) is 6.07 Å². The second-order valence-corrected chi connectivity index (χ2v) is 4.74. The van der Waals surface area contributed by atoms with Crippen molar-refractivity contribution in [2.75, 3.05) is 12.8 Å². The molecule has 0 aliphatic rings. The Balaban J connectivity index is 2.78. The zero-order valence-corrected chi connectivity index (χ0v) is 12.0. The van der Waals surface area contributed by atoms with Crippen molar-refractivity contribution < 1.29 is 13.9 Å². The number of nitrogens with zero attached hydrogens (tertiary/aromatic N) is 2. The normalized spacial score (nSPS) is 10.2. The SMILES string of the molecule is COC(=O)c1c(N)c(C#N)cn1-c1cc(Cl)c(C)cc1F. The average molecular weight is 308 g/mol.